The zero-order chi connectivity index (χ0) is 17.6. The third-order valence-electron chi connectivity index (χ3n) is 5.20. The summed E-state index contributed by atoms with van der Waals surface area (Å²) in [6.45, 7) is 12.9. The summed E-state index contributed by atoms with van der Waals surface area (Å²) in [6.07, 6.45) is 2.20. The lowest BCUT2D eigenvalue weighted by Gasteiger charge is -2.36. The zero-order valence-electron chi connectivity index (χ0n) is 15.7. The Morgan fingerprint density at radius 3 is 2.64 bits per heavy atom. The van der Waals surface area contributed by atoms with Gasteiger partial charge in [-0.25, -0.2) is 4.98 Å². The van der Waals surface area contributed by atoms with Crippen LogP contribution in [0.15, 0.2) is 4.99 Å². The molecule has 0 amide bonds. The van der Waals surface area contributed by atoms with Crippen molar-refractivity contribution in [1.82, 2.24) is 24.5 Å². The first-order chi connectivity index (χ1) is 12.2. The molecule has 1 aromatic rings. The van der Waals surface area contributed by atoms with E-state index in [0.29, 0.717) is 0 Å². The second-order valence-corrected chi connectivity index (χ2v) is 7.53. The molecule has 1 aromatic heterocycles. The minimum atomic E-state index is 0.742. The van der Waals surface area contributed by atoms with Crippen LogP contribution in [0.3, 0.4) is 0 Å². The van der Waals surface area contributed by atoms with Crippen LogP contribution in [0.25, 0.3) is 0 Å². The molecule has 3 rings (SSSR count). The highest BCUT2D eigenvalue weighted by Crippen LogP contribution is 2.19. The monoisotopic (exact) mass is 365 g/mol. The van der Waals surface area contributed by atoms with Crippen molar-refractivity contribution in [3.8, 4) is 0 Å². The Morgan fingerprint density at radius 1 is 1.24 bits per heavy atom. The van der Waals surface area contributed by atoms with Crippen LogP contribution in [0.4, 0.5) is 5.13 Å². The van der Waals surface area contributed by atoms with Crippen LogP contribution in [0, 0.1) is 5.92 Å². The van der Waals surface area contributed by atoms with E-state index in [2.05, 4.69) is 48.2 Å². The average molecular weight is 366 g/mol. The van der Waals surface area contributed by atoms with E-state index in [1.165, 1.54) is 37.6 Å². The fourth-order valence-electron chi connectivity index (χ4n) is 3.56. The SMILES string of the molecule is CCc1nsc(N2CCN(C(=NC)NCC3CCN(CC)C3)CC2)n1. The van der Waals surface area contributed by atoms with E-state index in [1.807, 2.05) is 7.05 Å². The van der Waals surface area contributed by atoms with Crippen LogP contribution in [0.5, 0.6) is 0 Å². The number of aryl methyl sites for hydroxylation is 1. The van der Waals surface area contributed by atoms with E-state index >= 15 is 0 Å². The first-order valence-corrected chi connectivity index (χ1v) is 10.3. The molecule has 0 radical (unpaired) electrons. The Balaban J connectivity index is 1.45. The molecule has 2 saturated heterocycles. The molecule has 2 aliphatic rings. The van der Waals surface area contributed by atoms with Gasteiger partial charge >= 0.3 is 0 Å². The first-order valence-electron chi connectivity index (χ1n) is 9.49. The third kappa shape index (κ3) is 4.61. The van der Waals surface area contributed by atoms with Crippen LogP contribution in [0.1, 0.15) is 26.1 Å². The molecule has 140 valence electrons. The Kier molecular flexibility index (Phi) is 6.47. The van der Waals surface area contributed by atoms with E-state index in [4.69, 9.17) is 0 Å². The maximum Gasteiger partial charge on any atom is 0.205 e. The Hall–Kier alpha value is -1.41. The van der Waals surface area contributed by atoms with Gasteiger partial charge in [0.1, 0.15) is 5.82 Å². The van der Waals surface area contributed by atoms with Crippen LogP contribution in [-0.2, 0) is 6.42 Å². The Morgan fingerprint density at radius 2 is 2.04 bits per heavy atom. The second-order valence-electron chi connectivity index (χ2n) is 6.80. The second kappa shape index (κ2) is 8.80. The molecule has 0 spiro atoms. The van der Waals surface area contributed by atoms with E-state index in [-0.39, 0.29) is 0 Å². The highest BCUT2D eigenvalue weighted by atomic mass is 32.1. The number of hydrogen-bond acceptors (Lipinski definition) is 6. The molecule has 2 aliphatic heterocycles. The minimum absolute atomic E-state index is 0.742. The molecule has 1 N–H and O–H groups in total. The van der Waals surface area contributed by atoms with Crippen molar-refractivity contribution in [1.29, 1.82) is 0 Å². The summed E-state index contributed by atoms with van der Waals surface area (Å²) < 4.78 is 4.40. The normalized spacial score (nSPS) is 22.7. The van der Waals surface area contributed by atoms with E-state index in [0.717, 1.165) is 62.0 Å². The number of aromatic nitrogens is 2. The summed E-state index contributed by atoms with van der Waals surface area (Å²) in [5, 5.41) is 4.66. The Bertz CT molecular complexity index is 565. The number of aliphatic imine (C=N–C) groups is 1. The highest BCUT2D eigenvalue weighted by Gasteiger charge is 2.24. The van der Waals surface area contributed by atoms with Gasteiger partial charge in [-0.3, -0.25) is 4.99 Å². The number of hydrogen-bond donors (Lipinski definition) is 1. The quantitative estimate of drug-likeness (QED) is 0.624. The highest BCUT2D eigenvalue weighted by molar-refractivity contribution is 7.09. The van der Waals surface area contributed by atoms with E-state index < -0.39 is 0 Å². The Labute approximate surface area is 155 Å². The van der Waals surface area contributed by atoms with Crippen molar-refractivity contribution in [2.24, 2.45) is 10.9 Å². The van der Waals surface area contributed by atoms with E-state index in [9.17, 15) is 0 Å². The van der Waals surface area contributed by atoms with Gasteiger partial charge in [-0.1, -0.05) is 13.8 Å². The molecule has 0 bridgehead atoms. The van der Waals surface area contributed by atoms with Crippen molar-refractivity contribution < 1.29 is 0 Å². The van der Waals surface area contributed by atoms with Crippen molar-refractivity contribution in [3.63, 3.8) is 0 Å². The van der Waals surface area contributed by atoms with Crippen molar-refractivity contribution in [3.05, 3.63) is 5.82 Å². The molecule has 2 fully saturated rings. The number of piperazine rings is 1. The zero-order valence-corrected chi connectivity index (χ0v) is 16.6. The number of guanidine groups is 1. The number of rotatable bonds is 5. The standard InChI is InChI=1S/C17H31N7S/c1-4-15-20-17(25-21-15)24-10-8-23(9-11-24)16(18-3)19-12-14-6-7-22(5-2)13-14/h14H,4-13H2,1-3H3,(H,18,19). The van der Waals surface area contributed by atoms with Crippen LogP contribution >= 0.6 is 11.5 Å². The van der Waals surface area contributed by atoms with Crippen LogP contribution < -0.4 is 10.2 Å². The van der Waals surface area contributed by atoms with Crippen molar-refractivity contribution >= 4 is 22.6 Å². The van der Waals surface area contributed by atoms with Gasteiger partial charge in [0, 0.05) is 64.3 Å². The maximum atomic E-state index is 4.61. The number of nitrogens with zero attached hydrogens (tertiary/aromatic N) is 6. The predicted octanol–water partition coefficient (Wildman–Crippen LogP) is 1.14. The third-order valence-corrected chi connectivity index (χ3v) is 6.02. The summed E-state index contributed by atoms with van der Waals surface area (Å²) in [6, 6.07) is 0. The van der Waals surface area contributed by atoms with Crippen molar-refractivity contribution in [2.75, 3.05) is 64.3 Å². The van der Waals surface area contributed by atoms with E-state index in [1.54, 1.807) is 0 Å². The van der Waals surface area contributed by atoms with Crippen LogP contribution in [0.2, 0.25) is 0 Å². The molecule has 1 unspecified atom stereocenters. The van der Waals surface area contributed by atoms with Gasteiger partial charge in [0.15, 0.2) is 5.96 Å². The summed E-state index contributed by atoms with van der Waals surface area (Å²) in [4.78, 5) is 16.3. The molecule has 1 atom stereocenters. The molecular formula is C17H31N7S. The van der Waals surface area contributed by atoms with Gasteiger partial charge < -0.3 is 20.0 Å². The van der Waals surface area contributed by atoms with Gasteiger partial charge in [-0.05, 0) is 25.4 Å². The molecule has 25 heavy (non-hydrogen) atoms. The number of likely N-dealkylation sites (tertiary alicyclic amines) is 1. The smallest absolute Gasteiger partial charge is 0.205 e. The molecule has 8 heteroatoms. The molecule has 7 nitrogen and oxygen atoms in total. The van der Waals surface area contributed by atoms with Gasteiger partial charge in [0.25, 0.3) is 0 Å². The van der Waals surface area contributed by atoms with Crippen LogP contribution in [-0.4, -0.2) is 84.5 Å². The molecule has 0 saturated carbocycles. The summed E-state index contributed by atoms with van der Waals surface area (Å²) >= 11 is 1.52. The molecule has 0 aromatic carbocycles. The predicted molar refractivity (Wildman–Crippen MR) is 105 cm³/mol. The molecule has 3 heterocycles. The fraction of sp³-hybridized carbons (Fsp3) is 0.824. The lowest BCUT2D eigenvalue weighted by Crippen LogP contribution is -2.53. The number of anilines is 1. The van der Waals surface area contributed by atoms with Gasteiger partial charge in [0.2, 0.25) is 5.13 Å². The van der Waals surface area contributed by atoms with Gasteiger partial charge in [0.05, 0.1) is 0 Å². The van der Waals surface area contributed by atoms with Gasteiger partial charge in [-0.2, -0.15) is 4.37 Å². The fourth-order valence-corrected chi connectivity index (χ4v) is 4.36. The topological polar surface area (TPSA) is 59.9 Å². The van der Waals surface area contributed by atoms with Crippen molar-refractivity contribution in [2.45, 2.75) is 26.7 Å². The summed E-state index contributed by atoms with van der Waals surface area (Å²) in [7, 11) is 1.89. The minimum Gasteiger partial charge on any atom is -0.356 e. The largest absolute Gasteiger partial charge is 0.356 e. The lowest BCUT2D eigenvalue weighted by molar-refractivity contribution is 0.337. The maximum absolute atomic E-state index is 4.61. The summed E-state index contributed by atoms with van der Waals surface area (Å²) in [5.41, 5.74) is 0. The summed E-state index contributed by atoms with van der Waals surface area (Å²) in [5.74, 6) is 2.74. The molecular weight excluding hydrogens is 334 g/mol. The molecule has 0 aliphatic carbocycles. The number of nitrogens with one attached hydrogen (secondary N) is 1. The van der Waals surface area contributed by atoms with Gasteiger partial charge in [-0.15, -0.1) is 0 Å². The average Bonchev–Trinajstić information content (AvgIpc) is 3.32. The first kappa shape index (κ1) is 18.4. The lowest BCUT2D eigenvalue weighted by atomic mass is 10.1.